The number of hydrogen-bond acceptors (Lipinski definition) is 5. The van der Waals surface area contributed by atoms with Crippen LogP contribution in [0.2, 0.25) is 0 Å². The summed E-state index contributed by atoms with van der Waals surface area (Å²) in [4.78, 5) is 30.4. The molecule has 4 aromatic rings. The van der Waals surface area contributed by atoms with Gasteiger partial charge in [-0.25, -0.2) is 4.79 Å². The fraction of sp³-hybridized carbons (Fsp3) is 0.190. The predicted molar refractivity (Wildman–Crippen MR) is 117 cm³/mol. The first kappa shape index (κ1) is 20.0. The van der Waals surface area contributed by atoms with Gasteiger partial charge in [-0.2, -0.15) is 4.98 Å². The van der Waals surface area contributed by atoms with Crippen LogP contribution in [-0.4, -0.2) is 25.8 Å². The summed E-state index contributed by atoms with van der Waals surface area (Å²) in [6.07, 6.45) is 0. The van der Waals surface area contributed by atoms with Crippen LogP contribution in [0.1, 0.15) is 5.56 Å². The highest BCUT2D eigenvalue weighted by Gasteiger charge is 2.20. The van der Waals surface area contributed by atoms with Gasteiger partial charge in [-0.3, -0.25) is 18.5 Å². The quantitative estimate of drug-likeness (QED) is 0.447. The zero-order valence-corrected chi connectivity index (χ0v) is 18.2. The molecule has 0 fully saturated rings. The number of methoxy groups -OCH3 is 1. The summed E-state index contributed by atoms with van der Waals surface area (Å²) in [5.41, 5.74) is 0.537. The van der Waals surface area contributed by atoms with Crippen molar-refractivity contribution in [3.63, 3.8) is 0 Å². The van der Waals surface area contributed by atoms with Crippen molar-refractivity contribution in [2.75, 3.05) is 7.11 Å². The van der Waals surface area contributed by atoms with Gasteiger partial charge in [0, 0.05) is 18.6 Å². The van der Waals surface area contributed by atoms with E-state index in [0.717, 1.165) is 10.0 Å². The van der Waals surface area contributed by atoms with Crippen molar-refractivity contribution < 1.29 is 9.47 Å². The predicted octanol–water partition coefficient (Wildman–Crippen LogP) is 3.05. The number of ether oxygens (including phenoxy) is 2. The Labute approximate surface area is 180 Å². The SMILES string of the molecule is COc1ccc(Oc2nc3c(c(=O)n(Cc4ccc(Br)cc4)c(=O)n3C)n2C)cc1. The zero-order valence-electron chi connectivity index (χ0n) is 16.6. The number of rotatable bonds is 5. The van der Waals surface area contributed by atoms with E-state index in [4.69, 9.17) is 9.47 Å². The Morgan fingerprint density at radius 3 is 2.20 bits per heavy atom. The number of hydrogen-bond donors (Lipinski definition) is 0. The lowest BCUT2D eigenvalue weighted by molar-refractivity contribution is 0.408. The van der Waals surface area contributed by atoms with Crippen LogP contribution >= 0.6 is 15.9 Å². The lowest BCUT2D eigenvalue weighted by Gasteiger charge is -2.09. The van der Waals surface area contributed by atoms with E-state index in [-0.39, 0.29) is 23.7 Å². The minimum absolute atomic E-state index is 0.161. The Balaban J connectivity index is 1.79. The summed E-state index contributed by atoms with van der Waals surface area (Å²) in [7, 11) is 4.86. The van der Waals surface area contributed by atoms with Crippen molar-refractivity contribution in [2.24, 2.45) is 14.1 Å². The van der Waals surface area contributed by atoms with Crippen LogP contribution < -0.4 is 20.7 Å². The summed E-state index contributed by atoms with van der Waals surface area (Å²) in [5, 5.41) is 0. The molecule has 154 valence electrons. The molecule has 30 heavy (non-hydrogen) atoms. The van der Waals surface area contributed by atoms with E-state index < -0.39 is 11.2 Å². The van der Waals surface area contributed by atoms with Crippen LogP contribution in [0.5, 0.6) is 17.5 Å². The molecule has 0 N–H and O–H groups in total. The van der Waals surface area contributed by atoms with Crippen molar-refractivity contribution in [3.8, 4) is 17.5 Å². The van der Waals surface area contributed by atoms with Gasteiger partial charge in [-0.05, 0) is 42.0 Å². The molecule has 0 saturated carbocycles. The Kier molecular flexibility index (Phi) is 5.21. The second-order valence-corrected chi connectivity index (χ2v) is 7.68. The van der Waals surface area contributed by atoms with Crippen molar-refractivity contribution in [1.82, 2.24) is 18.7 Å². The minimum atomic E-state index is -0.440. The Morgan fingerprint density at radius 2 is 1.57 bits per heavy atom. The number of fused-ring (bicyclic) bond motifs is 1. The molecule has 2 aromatic heterocycles. The number of benzene rings is 2. The minimum Gasteiger partial charge on any atom is -0.497 e. The molecule has 0 saturated heterocycles. The third-order valence-corrected chi connectivity index (χ3v) is 5.37. The van der Waals surface area contributed by atoms with Gasteiger partial charge in [0.1, 0.15) is 11.5 Å². The maximum atomic E-state index is 13.2. The molecule has 9 heteroatoms. The number of aryl methyl sites for hydroxylation is 2. The Hall–Kier alpha value is -3.33. The number of nitrogens with zero attached hydrogens (tertiary/aromatic N) is 4. The molecule has 0 radical (unpaired) electrons. The van der Waals surface area contributed by atoms with Gasteiger partial charge in [0.05, 0.1) is 13.7 Å². The maximum Gasteiger partial charge on any atom is 0.332 e. The van der Waals surface area contributed by atoms with E-state index in [1.54, 1.807) is 50.0 Å². The van der Waals surface area contributed by atoms with Gasteiger partial charge in [0.2, 0.25) is 0 Å². The van der Waals surface area contributed by atoms with Gasteiger partial charge in [-0.15, -0.1) is 0 Å². The van der Waals surface area contributed by atoms with Gasteiger partial charge in [0.15, 0.2) is 11.2 Å². The number of halogens is 1. The largest absolute Gasteiger partial charge is 0.497 e. The van der Waals surface area contributed by atoms with Crippen LogP contribution in [-0.2, 0) is 20.6 Å². The van der Waals surface area contributed by atoms with Crippen molar-refractivity contribution >= 4 is 27.1 Å². The summed E-state index contributed by atoms with van der Waals surface area (Å²) in [6, 6.07) is 14.7. The van der Waals surface area contributed by atoms with Gasteiger partial charge >= 0.3 is 11.7 Å². The summed E-state index contributed by atoms with van der Waals surface area (Å²) in [5.74, 6) is 1.24. The molecule has 2 aromatic carbocycles. The highest BCUT2D eigenvalue weighted by molar-refractivity contribution is 9.10. The van der Waals surface area contributed by atoms with Crippen LogP contribution in [0.25, 0.3) is 11.2 Å². The molecule has 0 aliphatic carbocycles. The maximum absolute atomic E-state index is 13.2. The van der Waals surface area contributed by atoms with Gasteiger partial charge in [0.25, 0.3) is 5.56 Å². The second-order valence-electron chi connectivity index (χ2n) is 6.76. The normalized spacial score (nSPS) is 11.1. The standard InChI is InChI=1S/C21H19BrN4O4/c1-24-17-18(23-20(24)30-16-10-8-15(29-3)9-11-16)25(2)21(28)26(19(17)27)12-13-4-6-14(22)7-5-13/h4-11H,12H2,1-3H3. The molecule has 4 rings (SSSR count). The first-order valence-corrected chi connectivity index (χ1v) is 9.91. The average Bonchev–Trinajstić information content (AvgIpc) is 3.08. The summed E-state index contributed by atoms with van der Waals surface area (Å²) >= 11 is 3.38. The molecule has 2 heterocycles. The van der Waals surface area contributed by atoms with Crippen molar-refractivity contribution in [2.45, 2.75) is 6.54 Å². The average molecular weight is 471 g/mol. The first-order valence-electron chi connectivity index (χ1n) is 9.11. The van der Waals surface area contributed by atoms with Crippen molar-refractivity contribution in [3.05, 3.63) is 79.4 Å². The third-order valence-electron chi connectivity index (χ3n) is 4.84. The van der Waals surface area contributed by atoms with E-state index >= 15 is 0 Å². The Bertz CT molecular complexity index is 1340. The molecule has 0 amide bonds. The lowest BCUT2D eigenvalue weighted by Crippen LogP contribution is -2.39. The van der Waals surface area contributed by atoms with E-state index in [1.807, 2.05) is 24.3 Å². The smallest absolute Gasteiger partial charge is 0.332 e. The lowest BCUT2D eigenvalue weighted by atomic mass is 10.2. The molecule has 0 spiro atoms. The van der Waals surface area contributed by atoms with Crippen LogP contribution in [0.15, 0.2) is 62.6 Å². The fourth-order valence-electron chi connectivity index (χ4n) is 3.18. The summed E-state index contributed by atoms with van der Waals surface area (Å²) < 4.78 is 16.0. The van der Waals surface area contributed by atoms with E-state index in [1.165, 1.54) is 9.13 Å². The topological polar surface area (TPSA) is 80.3 Å². The molecular formula is C21H19BrN4O4. The summed E-state index contributed by atoms with van der Waals surface area (Å²) in [6.45, 7) is 0.161. The van der Waals surface area contributed by atoms with Gasteiger partial charge < -0.3 is 9.47 Å². The van der Waals surface area contributed by atoms with Crippen LogP contribution in [0.3, 0.4) is 0 Å². The third kappa shape index (κ3) is 3.52. The fourth-order valence-corrected chi connectivity index (χ4v) is 3.44. The highest BCUT2D eigenvalue weighted by atomic mass is 79.9. The van der Waals surface area contributed by atoms with Crippen molar-refractivity contribution in [1.29, 1.82) is 0 Å². The molecule has 0 aliphatic rings. The highest BCUT2D eigenvalue weighted by Crippen LogP contribution is 2.24. The molecule has 0 bridgehead atoms. The zero-order chi connectivity index (χ0) is 21.4. The molecule has 0 aliphatic heterocycles. The molecular weight excluding hydrogens is 452 g/mol. The molecule has 0 atom stereocenters. The number of imidazole rings is 1. The van der Waals surface area contributed by atoms with Crippen LogP contribution in [0, 0.1) is 0 Å². The van der Waals surface area contributed by atoms with Crippen LogP contribution in [0.4, 0.5) is 0 Å². The molecule has 0 unspecified atom stereocenters. The van der Waals surface area contributed by atoms with E-state index in [0.29, 0.717) is 11.5 Å². The van der Waals surface area contributed by atoms with E-state index in [2.05, 4.69) is 20.9 Å². The second kappa shape index (κ2) is 7.83. The first-order chi connectivity index (χ1) is 14.4. The Morgan fingerprint density at radius 1 is 0.933 bits per heavy atom. The monoisotopic (exact) mass is 470 g/mol. The molecule has 8 nitrogen and oxygen atoms in total. The van der Waals surface area contributed by atoms with Gasteiger partial charge in [-0.1, -0.05) is 28.1 Å². The van der Waals surface area contributed by atoms with E-state index in [9.17, 15) is 9.59 Å². The number of aromatic nitrogens is 4.